The van der Waals surface area contributed by atoms with Crippen LogP contribution in [0.15, 0.2) is 36.4 Å². The van der Waals surface area contributed by atoms with Crippen molar-refractivity contribution in [3.63, 3.8) is 0 Å². The highest BCUT2D eigenvalue weighted by atomic mass is 16.4. The predicted octanol–water partition coefficient (Wildman–Crippen LogP) is 5.97. The van der Waals surface area contributed by atoms with Crippen LogP contribution in [0.25, 0.3) is 0 Å². The lowest BCUT2D eigenvalue weighted by molar-refractivity contribution is 0.0692. The van der Waals surface area contributed by atoms with Crippen LogP contribution in [0.5, 0.6) is 5.75 Å². The number of carbonyl (C=O) groups is 1. The first-order valence-corrected chi connectivity index (χ1v) is 9.48. The smallest absolute Gasteiger partial charge is 0.339 e. The molecule has 2 N–H and O–H groups in total. The molecule has 1 aromatic carbocycles. The summed E-state index contributed by atoms with van der Waals surface area (Å²) in [5.74, 6) is -1.19. The molecule has 0 amide bonds. The van der Waals surface area contributed by atoms with Gasteiger partial charge in [-0.25, -0.2) is 4.79 Å². The third kappa shape index (κ3) is 3.20. The molecular weight excluding hydrogens is 324 g/mol. The van der Waals surface area contributed by atoms with E-state index < -0.39 is 5.97 Å². The van der Waals surface area contributed by atoms with Gasteiger partial charge in [0.05, 0.1) is 0 Å². The van der Waals surface area contributed by atoms with Gasteiger partial charge in [0, 0.05) is 11.0 Å². The summed E-state index contributed by atoms with van der Waals surface area (Å²) in [4.78, 5) is 11.9. The maximum atomic E-state index is 11.9. The van der Waals surface area contributed by atoms with Crippen LogP contribution < -0.4 is 0 Å². The quantitative estimate of drug-likeness (QED) is 0.660. The molecule has 1 aliphatic carbocycles. The third-order valence-corrected chi connectivity index (χ3v) is 6.63. The van der Waals surface area contributed by atoms with E-state index in [9.17, 15) is 15.0 Å². The summed E-state index contributed by atoms with van der Waals surface area (Å²) in [6.07, 6.45) is 11.0. The molecule has 1 unspecified atom stereocenters. The van der Waals surface area contributed by atoms with Crippen molar-refractivity contribution in [1.29, 1.82) is 0 Å². The van der Waals surface area contributed by atoms with Crippen LogP contribution in [0.4, 0.5) is 0 Å². The Kier molecular flexibility index (Phi) is 5.41. The van der Waals surface area contributed by atoms with Gasteiger partial charge in [-0.15, -0.1) is 0 Å². The van der Waals surface area contributed by atoms with Crippen LogP contribution in [-0.4, -0.2) is 16.2 Å². The standard InChI is InChI=1S/C23H32O3/c1-7-21(3,4)18-15-16(14-17(19(18)24)20(25)26)23(22(5,6)8-2)12-10-9-11-13-23/h9-12,14-15,24H,7-8,13H2,1-6H3,(H,25,26). The average Bonchev–Trinajstić information content (AvgIpc) is 2.61. The van der Waals surface area contributed by atoms with Crippen molar-refractivity contribution < 1.29 is 15.0 Å². The van der Waals surface area contributed by atoms with Crippen molar-refractivity contribution in [3.8, 4) is 5.75 Å². The van der Waals surface area contributed by atoms with E-state index in [1.54, 1.807) is 6.07 Å². The van der Waals surface area contributed by atoms with Gasteiger partial charge in [-0.05, 0) is 41.7 Å². The Balaban J connectivity index is 2.85. The molecule has 0 spiro atoms. The average molecular weight is 357 g/mol. The summed E-state index contributed by atoms with van der Waals surface area (Å²) in [5.41, 5.74) is 1.01. The number of rotatable bonds is 6. The van der Waals surface area contributed by atoms with Crippen LogP contribution in [0, 0.1) is 5.41 Å². The van der Waals surface area contributed by atoms with E-state index in [4.69, 9.17) is 0 Å². The Labute approximate surface area is 157 Å². The zero-order valence-corrected chi connectivity index (χ0v) is 16.9. The highest BCUT2D eigenvalue weighted by molar-refractivity contribution is 5.92. The van der Waals surface area contributed by atoms with Crippen LogP contribution in [0.1, 0.15) is 82.3 Å². The molecule has 0 heterocycles. The Morgan fingerprint density at radius 1 is 1.12 bits per heavy atom. The largest absolute Gasteiger partial charge is 0.507 e. The first-order valence-electron chi connectivity index (χ1n) is 9.48. The van der Waals surface area contributed by atoms with E-state index in [0.29, 0.717) is 5.56 Å². The second-order valence-corrected chi connectivity index (χ2v) is 8.66. The van der Waals surface area contributed by atoms with Crippen molar-refractivity contribution >= 4 is 5.97 Å². The molecule has 1 aromatic rings. The fourth-order valence-electron chi connectivity index (χ4n) is 3.80. The number of carboxylic acid groups (broad SMARTS) is 1. The molecule has 0 saturated heterocycles. The zero-order valence-electron chi connectivity index (χ0n) is 16.9. The van der Waals surface area contributed by atoms with Crippen LogP contribution in [0.2, 0.25) is 0 Å². The number of phenols is 1. The molecule has 0 radical (unpaired) electrons. The summed E-state index contributed by atoms with van der Waals surface area (Å²) >= 11 is 0. The van der Waals surface area contributed by atoms with Crippen LogP contribution in [-0.2, 0) is 10.8 Å². The predicted molar refractivity (Wildman–Crippen MR) is 107 cm³/mol. The molecule has 1 atom stereocenters. The van der Waals surface area contributed by atoms with Crippen molar-refractivity contribution in [3.05, 3.63) is 53.1 Å². The van der Waals surface area contributed by atoms with Gasteiger partial charge in [-0.2, -0.15) is 0 Å². The molecule has 0 bridgehead atoms. The Bertz CT molecular complexity index is 753. The van der Waals surface area contributed by atoms with E-state index in [1.807, 2.05) is 26.0 Å². The second-order valence-electron chi connectivity index (χ2n) is 8.66. The Morgan fingerprint density at radius 2 is 1.77 bits per heavy atom. The molecular formula is C23H32O3. The van der Waals surface area contributed by atoms with Gasteiger partial charge in [0.1, 0.15) is 11.3 Å². The van der Waals surface area contributed by atoms with E-state index in [2.05, 4.69) is 45.9 Å². The number of hydrogen-bond acceptors (Lipinski definition) is 2. The minimum absolute atomic E-state index is 0.00624. The van der Waals surface area contributed by atoms with Crippen molar-refractivity contribution in [1.82, 2.24) is 0 Å². The lowest BCUT2D eigenvalue weighted by atomic mass is 9.57. The lowest BCUT2D eigenvalue weighted by Crippen LogP contribution is -2.41. The molecule has 2 rings (SSSR count). The van der Waals surface area contributed by atoms with Gasteiger partial charge < -0.3 is 10.2 Å². The van der Waals surface area contributed by atoms with Gasteiger partial charge >= 0.3 is 5.97 Å². The van der Waals surface area contributed by atoms with Gasteiger partial charge in [0.2, 0.25) is 0 Å². The number of aromatic hydroxyl groups is 1. The van der Waals surface area contributed by atoms with E-state index in [1.165, 1.54) is 0 Å². The third-order valence-electron chi connectivity index (χ3n) is 6.63. The van der Waals surface area contributed by atoms with E-state index in [-0.39, 0.29) is 27.6 Å². The maximum absolute atomic E-state index is 11.9. The topological polar surface area (TPSA) is 57.5 Å². The minimum atomic E-state index is -1.09. The highest BCUT2D eigenvalue weighted by Crippen LogP contribution is 2.51. The van der Waals surface area contributed by atoms with Crippen molar-refractivity contribution in [2.45, 2.75) is 71.6 Å². The zero-order chi connectivity index (χ0) is 19.8. The fraction of sp³-hybridized carbons (Fsp3) is 0.522. The molecule has 0 saturated carbocycles. The number of allylic oxidation sites excluding steroid dienone is 4. The highest BCUT2D eigenvalue weighted by Gasteiger charge is 2.44. The second kappa shape index (κ2) is 6.94. The van der Waals surface area contributed by atoms with Crippen molar-refractivity contribution in [2.24, 2.45) is 5.41 Å². The van der Waals surface area contributed by atoms with Crippen LogP contribution in [0.3, 0.4) is 0 Å². The summed E-state index contributed by atoms with van der Waals surface area (Å²) in [7, 11) is 0. The number of carboxylic acids is 1. The number of hydrogen-bond donors (Lipinski definition) is 2. The summed E-state index contributed by atoms with van der Waals surface area (Å²) in [6, 6.07) is 3.71. The Hall–Kier alpha value is -2.03. The molecule has 0 aliphatic heterocycles. The molecule has 3 heteroatoms. The molecule has 1 aliphatic rings. The number of benzene rings is 1. The van der Waals surface area contributed by atoms with Gasteiger partial charge in [-0.3, -0.25) is 0 Å². The van der Waals surface area contributed by atoms with E-state index >= 15 is 0 Å². The van der Waals surface area contributed by atoms with Crippen LogP contribution >= 0.6 is 0 Å². The summed E-state index contributed by atoms with van der Waals surface area (Å²) in [5, 5.41) is 20.4. The minimum Gasteiger partial charge on any atom is -0.507 e. The number of aromatic carboxylic acids is 1. The molecule has 0 fully saturated rings. The Morgan fingerprint density at radius 3 is 2.23 bits per heavy atom. The van der Waals surface area contributed by atoms with Crippen molar-refractivity contribution in [2.75, 3.05) is 0 Å². The molecule has 26 heavy (non-hydrogen) atoms. The van der Waals surface area contributed by atoms with E-state index in [0.717, 1.165) is 24.8 Å². The van der Waals surface area contributed by atoms with Gasteiger partial charge in [0.15, 0.2) is 0 Å². The monoisotopic (exact) mass is 356 g/mol. The summed E-state index contributed by atoms with van der Waals surface area (Å²) in [6.45, 7) is 12.8. The normalized spacial score (nSPS) is 20.4. The molecule has 0 aromatic heterocycles. The maximum Gasteiger partial charge on any atom is 0.339 e. The van der Waals surface area contributed by atoms with Gasteiger partial charge in [-0.1, -0.05) is 71.9 Å². The first-order chi connectivity index (χ1) is 12.0. The molecule has 3 nitrogen and oxygen atoms in total. The molecule has 142 valence electrons. The summed E-state index contributed by atoms with van der Waals surface area (Å²) < 4.78 is 0. The SMILES string of the molecule is CCC(C)(C)c1cc(C2(C(C)(C)CC)C=CC=CC2)cc(C(=O)O)c1O. The first kappa shape index (κ1) is 20.3. The fourth-order valence-corrected chi connectivity index (χ4v) is 3.80. The lowest BCUT2D eigenvalue weighted by Gasteiger charge is -2.46. The van der Waals surface area contributed by atoms with Gasteiger partial charge in [0.25, 0.3) is 0 Å².